The lowest BCUT2D eigenvalue weighted by Crippen LogP contribution is -2.67. The number of nitrogen functional groups attached to an aromatic ring is 1. The number of nitrogens with zero attached hydrogens (tertiary/aromatic N) is 6. The van der Waals surface area contributed by atoms with E-state index in [1.165, 1.54) is 16.7 Å². The highest BCUT2D eigenvalue weighted by atomic mass is 19.1. The lowest BCUT2D eigenvalue weighted by atomic mass is 9.61. The van der Waals surface area contributed by atoms with E-state index < -0.39 is 5.82 Å². The zero-order chi connectivity index (χ0) is 35.1. The van der Waals surface area contributed by atoms with Crippen molar-refractivity contribution >= 4 is 23.4 Å². The number of benzene rings is 2. The van der Waals surface area contributed by atoms with Crippen molar-refractivity contribution in [2.75, 3.05) is 55.2 Å². The molecule has 0 radical (unpaired) electrons. The van der Waals surface area contributed by atoms with Crippen molar-refractivity contribution < 1.29 is 18.3 Å². The molecule has 1 aliphatic carbocycles. The first-order valence-corrected chi connectivity index (χ1v) is 17.8. The highest BCUT2D eigenvalue weighted by molar-refractivity contribution is 5.68. The minimum Gasteiger partial charge on any atom is -0.446 e. The second-order valence-corrected chi connectivity index (χ2v) is 14.5. The molecule has 3 N–H and O–H groups in total. The van der Waals surface area contributed by atoms with Crippen molar-refractivity contribution in [2.45, 2.75) is 56.7 Å². The van der Waals surface area contributed by atoms with E-state index in [9.17, 15) is 18.4 Å². The highest BCUT2D eigenvalue weighted by Crippen LogP contribution is 2.51. The second-order valence-electron chi connectivity index (χ2n) is 14.5. The predicted octanol–water partition coefficient (Wildman–Crippen LogP) is 5.30. The van der Waals surface area contributed by atoms with Gasteiger partial charge in [-0.05, 0) is 74.9 Å². The van der Waals surface area contributed by atoms with Gasteiger partial charge in [0.1, 0.15) is 17.6 Å². The Labute approximate surface area is 295 Å². The summed E-state index contributed by atoms with van der Waals surface area (Å²) in [7, 11) is 0. The molecule has 0 unspecified atom stereocenters. The van der Waals surface area contributed by atoms with E-state index in [1.54, 1.807) is 59.6 Å². The first kappa shape index (κ1) is 33.1. The molecular weight excluding hydrogens is 654 g/mol. The van der Waals surface area contributed by atoms with Crippen LogP contribution in [-0.4, -0.2) is 87.9 Å². The Morgan fingerprint density at radius 1 is 0.922 bits per heavy atom. The van der Waals surface area contributed by atoms with Crippen LogP contribution in [-0.2, 0) is 4.74 Å². The predicted molar refractivity (Wildman–Crippen MR) is 191 cm³/mol. The number of rotatable bonds is 7. The molecule has 5 heterocycles. The normalized spacial score (nSPS) is 19.8. The van der Waals surface area contributed by atoms with Gasteiger partial charge in [-0.15, -0.1) is 0 Å². The van der Waals surface area contributed by atoms with E-state index in [4.69, 9.17) is 10.5 Å². The molecule has 4 fully saturated rings. The summed E-state index contributed by atoms with van der Waals surface area (Å²) < 4.78 is 36.7. The standard InChI is InChI=1S/C38H42F2N8O3/c39-31-19-26(41)7-8-33(31)45-16-11-28(12-17-45)47-23-38(24-47)20-30(21-38)51-37(50)46-14-9-27(10-15-46)43-36-42-22-32(40)35(44-36)25-4-3-5-29(18-25)48-13-2-1-6-34(48)49/h1-8,13,18-19,22,27-28,30H,9-12,14-17,20-21,23-24,41H2,(H,42,43,44). The molecule has 1 amide bonds. The Balaban J connectivity index is 0.774. The molecule has 3 aliphatic heterocycles. The number of hydrogen-bond donors (Lipinski definition) is 2. The Morgan fingerprint density at radius 3 is 2.45 bits per heavy atom. The summed E-state index contributed by atoms with van der Waals surface area (Å²) >= 11 is 0. The zero-order valence-electron chi connectivity index (χ0n) is 28.4. The van der Waals surface area contributed by atoms with Crippen molar-refractivity contribution in [3.05, 3.63) is 95.0 Å². The number of ether oxygens (including phenoxy) is 1. The Kier molecular flexibility index (Phi) is 8.83. The minimum absolute atomic E-state index is 0.0203. The van der Waals surface area contributed by atoms with Gasteiger partial charge in [-0.3, -0.25) is 14.3 Å². The molecular formula is C38H42F2N8O3. The zero-order valence-corrected chi connectivity index (χ0v) is 28.4. The molecule has 2 aromatic carbocycles. The number of anilines is 3. The van der Waals surface area contributed by atoms with E-state index in [-0.39, 0.29) is 40.7 Å². The van der Waals surface area contributed by atoms with Crippen LogP contribution in [0.25, 0.3) is 16.9 Å². The van der Waals surface area contributed by atoms with E-state index in [1.807, 2.05) is 0 Å². The van der Waals surface area contributed by atoms with Gasteiger partial charge in [0.15, 0.2) is 5.82 Å². The third-order valence-electron chi connectivity index (χ3n) is 11.0. The van der Waals surface area contributed by atoms with Crippen molar-refractivity contribution in [3.8, 4) is 16.9 Å². The number of hydrogen-bond acceptors (Lipinski definition) is 9. The molecule has 4 aromatic rings. The quantitative estimate of drug-likeness (QED) is 0.248. The van der Waals surface area contributed by atoms with Gasteiger partial charge in [-0.25, -0.2) is 23.5 Å². The summed E-state index contributed by atoms with van der Waals surface area (Å²) in [5.74, 6) is -0.508. The summed E-state index contributed by atoms with van der Waals surface area (Å²) in [6.45, 7) is 4.81. The Morgan fingerprint density at radius 2 is 1.71 bits per heavy atom. The number of amides is 1. The lowest BCUT2D eigenvalue weighted by molar-refractivity contribution is -0.147. The largest absolute Gasteiger partial charge is 0.446 e. The number of piperidine rings is 2. The summed E-state index contributed by atoms with van der Waals surface area (Å²) in [5, 5.41) is 3.32. The van der Waals surface area contributed by atoms with Crippen LogP contribution >= 0.6 is 0 Å². The third kappa shape index (κ3) is 6.86. The van der Waals surface area contributed by atoms with Crippen molar-refractivity contribution in [3.63, 3.8) is 0 Å². The monoisotopic (exact) mass is 696 g/mol. The first-order chi connectivity index (χ1) is 24.7. The average Bonchev–Trinajstić information content (AvgIpc) is 3.10. The number of likely N-dealkylation sites (tertiary alicyclic amines) is 2. The molecule has 11 nitrogen and oxygen atoms in total. The fourth-order valence-electron chi connectivity index (χ4n) is 8.26. The molecule has 8 rings (SSSR count). The smallest absolute Gasteiger partial charge is 0.410 e. The molecule has 0 bridgehead atoms. The van der Waals surface area contributed by atoms with E-state index in [0.717, 1.165) is 58.1 Å². The van der Waals surface area contributed by atoms with Crippen LogP contribution in [0.4, 0.5) is 30.9 Å². The highest BCUT2D eigenvalue weighted by Gasteiger charge is 2.55. The van der Waals surface area contributed by atoms with Crippen LogP contribution in [0.15, 0.2) is 77.9 Å². The molecule has 0 atom stereocenters. The summed E-state index contributed by atoms with van der Waals surface area (Å²) in [4.78, 5) is 40.4. The van der Waals surface area contributed by atoms with Crippen molar-refractivity contribution in [2.24, 2.45) is 5.41 Å². The third-order valence-corrected chi connectivity index (χ3v) is 11.0. The van der Waals surface area contributed by atoms with Gasteiger partial charge >= 0.3 is 6.09 Å². The first-order valence-electron chi connectivity index (χ1n) is 17.8. The molecule has 51 heavy (non-hydrogen) atoms. The summed E-state index contributed by atoms with van der Waals surface area (Å²) in [5.41, 5.74) is 8.13. The van der Waals surface area contributed by atoms with Gasteiger partial charge in [0, 0.05) is 86.0 Å². The molecule has 1 saturated carbocycles. The maximum absolute atomic E-state index is 14.9. The number of nitrogens with one attached hydrogen (secondary N) is 1. The molecule has 2 aromatic heterocycles. The Bertz CT molecular complexity index is 1960. The number of carbonyl (C=O) groups excluding carboxylic acids is 1. The molecule has 3 saturated heterocycles. The van der Waals surface area contributed by atoms with E-state index in [2.05, 4.69) is 25.1 Å². The number of carbonyl (C=O) groups is 1. The van der Waals surface area contributed by atoms with Crippen LogP contribution in [0.1, 0.15) is 38.5 Å². The van der Waals surface area contributed by atoms with Crippen LogP contribution in [0, 0.1) is 17.0 Å². The fourth-order valence-corrected chi connectivity index (χ4v) is 8.26. The number of pyridine rings is 1. The van der Waals surface area contributed by atoms with E-state index in [0.29, 0.717) is 60.5 Å². The topological polar surface area (TPSA) is 122 Å². The summed E-state index contributed by atoms with van der Waals surface area (Å²) in [6.07, 6.45) is 7.69. The van der Waals surface area contributed by atoms with Gasteiger partial charge in [-0.1, -0.05) is 18.2 Å². The SMILES string of the molecule is Nc1ccc(N2CCC(N3CC4(CC(OC(=O)N5CCC(Nc6ncc(F)c(-c7cccc(-n8ccccc8=O)c7)n6)CC5)C4)C3)CC2)c(F)c1. The molecule has 13 heteroatoms. The molecule has 4 aliphatic rings. The van der Waals surface area contributed by atoms with Crippen molar-refractivity contribution in [1.82, 2.24) is 24.3 Å². The van der Waals surface area contributed by atoms with E-state index >= 15 is 0 Å². The van der Waals surface area contributed by atoms with Crippen LogP contribution < -0.4 is 21.5 Å². The number of halogens is 2. The molecule has 1 spiro atoms. The van der Waals surface area contributed by atoms with Gasteiger partial charge in [0.2, 0.25) is 5.95 Å². The number of nitrogens with two attached hydrogens (primary N) is 1. The minimum atomic E-state index is -0.559. The molecule has 266 valence electrons. The maximum atomic E-state index is 14.9. The van der Waals surface area contributed by atoms with Gasteiger partial charge < -0.3 is 25.6 Å². The van der Waals surface area contributed by atoms with Crippen molar-refractivity contribution in [1.29, 1.82) is 0 Å². The van der Waals surface area contributed by atoms with Crippen LogP contribution in [0.2, 0.25) is 0 Å². The summed E-state index contributed by atoms with van der Waals surface area (Å²) in [6, 6.07) is 17.4. The van der Waals surface area contributed by atoms with Gasteiger partial charge in [0.05, 0.1) is 11.9 Å². The Hall–Kier alpha value is -5.04. The number of aromatic nitrogens is 3. The fraction of sp³-hybridized carbons (Fsp3) is 0.421. The van der Waals surface area contributed by atoms with Crippen LogP contribution in [0.5, 0.6) is 0 Å². The lowest BCUT2D eigenvalue weighted by Gasteiger charge is -2.61. The second kappa shape index (κ2) is 13.6. The maximum Gasteiger partial charge on any atom is 0.410 e. The van der Waals surface area contributed by atoms with Gasteiger partial charge in [0.25, 0.3) is 5.56 Å². The average molecular weight is 697 g/mol. The van der Waals surface area contributed by atoms with Crippen LogP contribution in [0.3, 0.4) is 0 Å². The van der Waals surface area contributed by atoms with Gasteiger partial charge in [-0.2, -0.15) is 0 Å².